The number of likely N-dealkylation sites (tertiary alicyclic amines) is 1. The molecular formula is C32H30F3NO2. The normalized spacial score (nSPS) is 15.7. The van der Waals surface area contributed by atoms with E-state index >= 15 is 0 Å². The molecule has 2 aliphatic rings. The van der Waals surface area contributed by atoms with Gasteiger partial charge in [0.1, 0.15) is 0 Å². The second-order valence-corrected chi connectivity index (χ2v) is 9.98. The fourth-order valence-corrected chi connectivity index (χ4v) is 5.41. The Hall–Kier alpha value is -3.64. The van der Waals surface area contributed by atoms with Gasteiger partial charge in [-0.3, -0.25) is 9.29 Å². The molecule has 0 saturated carbocycles. The van der Waals surface area contributed by atoms with Gasteiger partial charge in [-0.1, -0.05) is 60.7 Å². The van der Waals surface area contributed by atoms with Crippen LogP contribution in [0.15, 0.2) is 72.3 Å². The summed E-state index contributed by atoms with van der Waals surface area (Å²) >= 11 is 0. The summed E-state index contributed by atoms with van der Waals surface area (Å²) in [5.41, 5.74) is 8.61. The van der Waals surface area contributed by atoms with Crippen molar-refractivity contribution in [2.75, 3.05) is 26.3 Å². The first-order valence-corrected chi connectivity index (χ1v) is 13.0. The van der Waals surface area contributed by atoms with Crippen LogP contribution in [0.2, 0.25) is 0 Å². The predicted molar refractivity (Wildman–Crippen MR) is 145 cm³/mol. The van der Waals surface area contributed by atoms with Crippen LogP contribution in [-0.2, 0) is 6.42 Å². The summed E-state index contributed by atoms with van der Waals surface area (Å²) in [6.45, 7) is 2.23. The third-order valence-electron chi connectivity index (χ3n) is 7.34. The Balaban J connectivity index is 1.53. The number of halogens is 3. The van der Waals surface area contributed by atoms with E-state index in [1.165, 1.54) is 17.7 Å². The van der Waals surface area contributed by atoms with E-state index < -0.39 is 12.4 Å². The lowest BCUT2D eigenvalue weighted by Crippen LogP contribution is -2.40. The molecule has 3 aromatic carbocycles. The van der Waals surface area contributed by atoms with Crippen molar-refractivity contribution in [3.8, 4) is 0 Å². The molecule has 0 unspecified atom stereocenters. The maximum Gasteiger partial charge on any atom is 0.335 e. The van der Waals surface area contributed by atoms with Crippen LogP contribution in [0.4, 0.5) is 13.2 Å². The first-order valence-electron chi connectivity index (χ1n) is 13.0. The fourth-order valence-electron chi connectivity index (χ4n) is 5.41. The van der Waals surface area contributed by atoms with Gasteiger partial charge in [0.2, 0.25) is 0 Å². The largest absolute Gasteiger partial charge is 0.478 e. The van der Waals surface area contributed by atoms with Gasteiger partial charge in [-0.05, 0) is 82.4 Å². The van der Waals surface area contributed by atoms with Crippen molar-refractivity contribution in [3.05, 3.63) is 111 Å². The minimum atomic E-state index is -2.52. The number of hydrogen-bond donors (Lipinski definition) is 1. The van der Waals surface area contributed by atoms with Crippen molar-refractivity contribution in [2.45, 2.75) is 32.1 Å². The monoisotopic (exact) mass is 517 g/mol. The number of hydrogen-bond acceptors (Lipinski definition) is 2. The molecule has 0 atom stereocenters. The van der Waals surface area contributed by atoms with Gasteiger partial charge in [0.05, 0.1) is 12.2 Å². The summed E-state index contributed by atoms with van der Waals surface area (Å²) in [5, 5.41) is 9.53. The maximum absolute atomic E-state index is 13.2. The van der Waals surface area contributed by atoms with Gasteiger partial charge in [0.15, 0.2) is 0 Å². The molecule has 0 aromatic heterocycles. The van der Waals surface area contributed by atoms with Crippen LogP contribution in [0.1, 0.15) is 69.4 Å². The Morgan fingerprint density at radius 1 is 0.947 bits per heavy atom. The first kappa shape index (κ1) is 26.0. The summed E-state index contributed by atoms with van der Waals surface area (Å²) in [6, 6.07) is 20.1. The zero-order valence-corrected chi connectivity index (χ0v) is 21.1. The number of allylic oxidation sites excluding steroid dienone is 1. The molecule has 0 amide bonds. The summed E-state index contributed by atoms with van der Waals surface area (Å²) < 4.78 is 38.8. The van der Waals surface area contributed by atoms with Gasteiger partial charge in [0, 0.05) is 25.2 Å². The summed E-state index contributed by atoms with van der Waals surface area (Å²) in [6.07, 6.45) is 2.54. The third kappa shape index (κ3) is 5.60. The number of fused-ring (bicyclic) bond motifs is 1. The molecule has 0 spiro atoms. The third-order valence-corrected chi connectivity index (χ3v) is 7.34. The molecule has 1 aliphatic carbocycles. The van der Waals surface area contributed by atoms with E-state index in [0.29, 0.717) is 6.42 Å². The van der Waals surface area contributed by atoms with Gasteiger partial charge in [-0.15, -0.1) is 0 Å². The molecule has 38 heavy (non-hydrogen) atoms. The highest BCUT2D eigenvalue weighted by Crippen LogP contribution is 2.40. The molecule has 0 radical (unpaired) electrons. The SMILES string of the molecule is O=C(O)c1ccc2c(c1)CCCC(c1ccc(C(F)F)cc1)=C2c1ccc(C=C2CN(CCCF)C2)cc1. The fraction of sp³-hybridized carbons (Fsp3) is 0.281. The zero-order valence-electron chi connectivity index (χ0n) is 21.1. The predicted octanol–water partition coefficient (Wildman–Crippen LogP) is 7.68. The van der Waals surface area contributed by atoms with Gasteiger partial charge in [-0.25, -0.2) is 13.6 Å². The lowest BCUT2D eigenvalue weighted by Gasteiger charge is -2.33. The average Bonchev–Trinajstić information content (AvgIpc) is 3.09. The van der Waals surface area contributed by atoms with Crippen LogP contribution in [0.5, 0.6) is 0 Å². The van der Waals surface area contributed by atoms with E-state index in [9.17, 15) is 23.1 Å². The molecule has 3 nitrogen and oxygen atoms in total. The summed E-state index contributed by atoms with van der Waals surface area (Å²) in [7, 11) is 0. The smallest absolute Gasteiger partial charge is 0.335 e. The van der Waals surface area contributed by atoms with Gasteiger partial charge >= 0.3 is 5.97 Å². The molecule has 5 rings (SSSR count). The van der Waals surface area contributed by atoms with Crippen LogP contribution in [0.25, 0.3) is 17.2 Å². The Labute approximate surface area is 220 Å². The number of carboxylic acid groups (broad SMARTS) is 1. The highest BCUT2D eigenvalue weighted by atomic mass is 19.3. The highest BCUT2D eigenvalue weighted by Gasteiger charge is 2.22. The average molecular weight is 518 g/mol. The maximum atomic E-state index is 13.2. The van der Waals surface area contributed by atoms with E-state index in [1.54, 1.807) is 24.3 Å². The highest BCUT2D eigenvalue weighted by molar-refractivity contribution is 6.00. The Morgan fingerprint density at radius 2 is 1.66 bits per heavy atom. The first-order chi connectivity index (χ1) is 18.4. The molecule has 1 heterocycles. The molecule has 0 bridgehead atoms. The van der Waals surface area contributed by atoms with Crippen molar-refractivity contribution in [2.24, 2.45) is 0 Å². The summed E-state index contributed by atoms with van der Waals surface area (Å²) in [5.74, 6) is -0.956. The lowest BCUT2D eigenvalue weighted by molar-refractivity contribution is 0.0696. The Kier molecular flexibility index (Phi) is 7.79. The molecule has 1 aliphatic heterocycles. The van der Waals surface area contributed by atoms with Crippen LogP contribution in [-0.4, -0.2) is 42.3 Å². The van der Waals surface area contributed by atoms with Crippen LogP contribution in [0.3, 0.4) is 0 Å². The van der Waals surface area contributed by atoms with Crippen LogP contribution < -0.4 is 0 Å². The second kappa shape index (κ2) is 11.4. The quantitative estimate of drug-likeness (QED) is 0.333. The van der Waals surface area contributed by atoms with Crippen molar-refractivity contribution in [1.29, 1.82) is 0 Å². The van der Waals surface area contributed by atoms with Crippen molar-refractivity contribution in [1.82, 2.24) is 4.90 Å². The van der Waals surface area contributed by atoms with Gasteiger partial charge < -0.3 is 5.11 Å². The number of benzene rings is 3. The lowest BCUT2D eigenvalue weighted by atomic mass is 9.86. The number of carboxylic acids is 1. The van der Waals surface area contributed by atoms with Crippen molar-refractivity contribution < 1.29 is 23.1 Å². The van der Waals surface area contributed by atoms with Gasteiger partial charge in [0.25, 0.3) is 6.43 Å². The number of carbonyl (C=O) groups is 1. The summed E-state index contributed by atoms with van der Waals surface area (Å²) in [4.78, 5) is 13.9. The van der Waals surface area contributed by atoms with Crippen molar-refractivity contribution in [3.63, 3.8) is 0 Å². The molecule has 196 valence electrons. The number of alkyl halides is 3. The zero-order chi connectivity index (χ0) is 26.6. The standard InChI is InChI=1S/C32H30F3NO2/c33-15-2-16-36-19-22(20-36)17-21-5-7-24(8-6-21)30-28(23-9-11-25(12-10-23)31(34)35)4-1-3-26-18-27(32(37)38)13-14-29(26)30/h5-14,17-18,31H,1-4,15-16,19-20H2,(H,37,38). The minimum absolute atomic E-state index is 0.00679. The van der Waals surface area contributed by atoms with E-state index in [-0.39, 0.29) is 17.8 Å². The molecule has 6 heteroatoms. The minimum Gasteiger partial charge on any atom is -0.478 e. The second-order valence-electron chi connectivity index (χ2n) is 9.98. The Morgan fingerprint density at radius 3 is 2.32 bits per heavy atom. The Bertz CT molecular complexity index is 1370. The van der Waals surface area contributed by atoms with Crippen LogP contribution >= 0.6 is 0 Å². The molecule has 3 aromatic rings. The van der Waals surface area contributed by atoms with E-state index in [0.717, 1.165) is 77.9 Å². The van der Waals surface area contributed by atoms with Crippen LogP contribution in [0, 0.1) is 0 Å². The van der Waals surface area contributed by atoms with E-state index in [2.05, 4.69) is 35.2 Å². The number of aryl methyl sites for hydroxylation is 1. The number of rotatable bonds is 8. The number of aromatic carboxylic acids is 1. The molecule has 1 saturated heterocycles. The topological polar surface area (TPSA) is 40.5 Å². The van der Waals surface area contributed by atoms with Crippen molar-refractivity contribution >= 4 is 23.2 Å². The van der Waals surface area contributed by atoms with E-state index in [4.69, 9.17) is 0 Å². The van der Waals surface area contributed by atoms with Gasteiger partial charge in [-0.2, -0.15) is 0 Å². The molecular weight excluding hydrogens is 487 g/mol. The number of nitrogens with zero attached hydrogens (tertiary/aromatic N) is 1. The van der Waals surface area contributed by atoms with E-state index in [1.807, 2.05) is 6.07 Å². The molecule has 1 N–H and O–H groups in total. The molecule has 1 fully saturated rings.